The lowest BCUT2D eigenvalue weighted by Crippen LogP contribution is -2.41. The van der Waals surface area contributed by atoms with Crippen molar-refractivity contribution in [2.24, 2.45) is 4.99 Å². The van der Waals surface area contributed by atoms with Crippen LogP contribution in [0.4, 0.5) is 5.69 Å². The van der Waals surface area contributed by atoms with Crippen LogP contribution in [0.15, 0.2) is 34.5 Å². The highest BCUT2D eigenvalue weighted by Gasteiger charge is 2.49. The molecule has 0 spiro atoms. The SMILES string of the molecule is CCCCCC1(O)c2c(C)cc(C)c(N=C3C(=O)C=CC(O)=C3C(=O)NCCO)c2C(=O)N1C. The van der Waals surface area contributed by atoms with E-state index in [1.165, 1.54) is 11.9 Å². The Morgan fingerprint density at radius 1 is 1.18 bits per heavy atom. The maximum atomic E-state index is 13.3. The van der Waals surface area contributed by atoms with Crippen LogP contribution in [0.3, 0.4) is 0 Å². The van der Waals surface area contributed by atoms with Crippen molar-refractivity contribution in [3.63, 3.8) is 0 Å². The Balaban J connectivity index is 2.21. The maximum Gasteiger partial charge on any atom is 0.258 e. The Labute approximate surface area is 198 Å². The van der Waals surface area contributed by atoms with Gasteiger partial charge >= 0.3 is 0 Å². The molecule has 1 heterocycles. The quantitative estimate of drug-likeness (QED) is 0.340. The van der Waals surface area contributed by atoms with E-state index in [0.717, 1.165) is 37.0 Å². The zero-order chi connectivity index (χ0) is 25.2. The largest absolute Gasteiger partial charge is 0.507 e. The molecule has 1 aromatic carbocycles. The summed E-state index contributed by atoms with van der Waals surface area (Å²) >= 11 is 0. The molecule has 0 radical (unpaired) electrons. The fraction of sp³-hybridized carbons (Fsp3) is 0.440. The van der Waals surface area contributed by atoms with E-state index in [-0.39, 0.29) is 35.7 Å². The molecule has 34 heavy (non-hydrogen) atoms. The Morgan fingerprint density at radius 2 is 1.88 bits per heavy atom. The molecule has 4 N–H and O–H groups in total. The third-order valence-corrected chi connectivity index (χ3v) is 6.26. The molecular formula is C25H31N3O6. The van der Waals surface area contributed by atoms with E-state index in [2.05, 4.69) is 17.2 Å². The molecule has 1 aliphatic carbocycles. The summed E-state index contributed by atoms with van der Waals surface area (Å²) in [5, 5.41) is 33.3. The number of allylic oxidation sites excluding steroid dienone is 2. The first-order valence-electron chi connectivity index (χ1n) is 11.4. The summed E-state index contributed by atoms with van der Waals surface area (Å²) < 4.78 is 0. The van der Waals surface area contributed by atoms with Crippen LogP contribution in [0.5, 0.6) is 0 Å². The number of ketones is 1. The summed E-state index contributed by atoms with van der Waals surface area (Å²) in [4.78, 5) is 44.4. The summed E-state index contributed by atoms with van der Waals surface area (Å²) in [6, 6.07) is 1.79. The van der Waals surface area contributed by atoms with Crippen molar-refractivity contribution in [3.05, 3.63) is 51.8 Å². The number of nitrogens with zero attached hydrogens (tertiary/aromatic N) is 2. The molecule has 182 valence electrons. The van der Waals surface area contributed by atoms with Crippen molar-refractivity contribution in [2.75, 3.05) is 20.2 Å². The number of aliphatic hydroxyl groups is 3. The van der Waals surface area contributed by atoms with E-state index >= 15 is 0 Å². The van der Waals surface area contributed by atoms with Crippen molar-refractivity contribution in [1.82, 2.24) is 10.2 Å². The van der Waals surface area contributed by atoms with Gasteiger partial charge in [0.2, 0.25) is 5.78 Å². The number of benzene rings is 1. The Hall–Kier alpha value is -3.30. The summed E-state index contributed by atoms with van der Waals surface area (Å²) in [7, 11) is 1.54. The molecule has 1 aromatic rings. The number of aliphatic imine (C=N–C) groups is 1. The minimum atomic E-state index is -1.51. The smallest absolute Gasteiger partial charge is 0.258 e. The maximum absolute atomic E-state index is 13.3. The van der Waals surface area contributed by atoms with Crippen molar-refractivity contribution < 1.29 is 29.7 Å². The molecule has 9 nitrogen and oxygen atoms in total. The minimum Gasteiger partial charge on any atom is -0.507 e. The van der Waals surface area contributed by atoms with Crippen molar-refractivity contribution in [3.8, 4) is 0 Å². The number of carbonyl (C=O) groups excluding carboxylic acids is 3. The molecule has 9 heteroatoms. The molecule has 3 rings (SSSR count). The van der Waals surface area contributed by atoms with E-state index in [0.29, 0.717) is 17.5 Å². The summed E-state index contributed by atoms with van der Waals surface area (Å²) in [5.74, 6) is -2.27. The predicted octanol–water partition coefficient (Wildman–Crippen LogP) is 2.25. The van der Waals surface area contributed by atoms with Gasteiger partial charge in [-0.05, 0) is 50.0 Å². The molecule has 1 unspecified atom stereocenters. The summed E-state index contributed by atoms with van der Waals surface area (Å²) in [5.41, 5.74) is -0.0642. The number of nitrogens with one attached hydrogen (secondary N) is 1. The van der Waals surface area contributed by atoms with Gasteiger partial charge in [0.15, 0.2) is 5.72 Å². The minimum absolute atomic E-state index is 0.0756. The van der Waals surface area contributed by atoms with E-state index in [9.17, 15) is 24.6 Å². The first kappa shape index (κ1) is 25.3. The monoisotopic (exact) mass is 469 g/mol. The average molecular weight is 470 g/mol. The lowest BCUT2D eigenvalue weighted by molar-refractivity contribution is -0.117. The number of aryl methyl sites for hydroxylation is 2. The standard InChI is InChI=1S/C25H31N3O6/c1-5-6-7-10-25(34)20-14(2)13-15(3)21(19(20)24(33)28(25)4)27-22-17(31)9-8-16(30)18(22)23(32)26-11-12-29/h8-9,13,29-30,34H,5-7,10-12H2,1-4H3,(H,26,32). The highest BCUT2D eigenvalue weighted by atomic mass is 16.3. The van der Waals surface area contributed by atoms with Crippen molar-refractivity contribution in [2.45, 2.75) is 52.2 Å². The Kier molecular flexibility index (Phi) is 7.38. The summed E-state index contributed by atoms with van der Waals surface area (Å²) in [6.45, 7) is 5.20. The van der Waals surface area contributed by atoms with Crippen LogP contribution in [0, 0.1) is 13.8 Å². The van der Waals surface area contributed by atoms with Crippen LogP contribution in [0.2, 0.25) is 0 Å². The lowest BCUT2D eigenvalue weighted by atomic mass is 9.89. The highest BCUT2D eigenvalue weighted by Crippen LogP contribution is 2.46. The average Bonchev–Trinajstić information content (AvgIpc) is 2.99. The lowest BCUT2D eigenvalue weighted by Gasteiger charge is -2.32. The number of hydrogen-bond donors (Lipinski definition) is 4. The molecule has 2 aliphatic rings. The molecule has 0 saturated heterocycles. The molecule has 2 amide bonds. The number of rotatable bonds is 8. The van der Waals surface area contributed by atoms with Gasteiger partial charge in [-0.2, -0.15) is 0 Å². The molecule has 0 fully saturated rings. The van der Waals surface area contributed by atoms with Gasteiger partial charge in [0.05, 0.1) is 17.9 Å². The number of carbonyl (C=O) groups is 3. The summed E-state index contributed by atoms with van der Waals surface area (Å²) in [6.07, 6.45) is 5.13. The Morgan fingerprint density at radius 3 is 2.53 bits per heavy atom. The zero-order valence-corrected chi connectivity index (χ0v) is 19.9. The number of unbranched alkanes of at least 4 members (excludes halogenated alkanes) is 2. The Bertz CT molecular complexity index is 1130. The normalized spacial score (nSPS) is 21.0. The predicted molar refractivity (Wildman–Crippen MR) is 127 cm³/mol. The number of hydrogen-bond acceptors (Lipinski definition) is 7. The van der Waals surface area contributed by atoms with Gasteiger partial charge in [-0.1, -0.05) is 25.8 Å². The van der Waals surface area contributed by atoms with Gasteiger partial charge in [0, 0.05) is 19.2 Å². The first-order valence-corrected chi connectivity index (χ1v) is 11.4. The van der Waals surface area contributed by atoms with Crippen LogP contribution in [-0.2, 0) is 15.3 Å². The van der Waals surface area contributed by atoms with Gasteiger partial charge < -0.3 is 25.5 Å². The van der Waals surface area contributed by atoms with Gasteiger partial charge in [0.1, 0.15) is 17.0 Å². The van der Waals surface area contributed by atoms with E-state index in [1.54, 1.807) is 13.0 Å². The van der Waals surface area contributed by atoms with E-state index in [1.807, 2.05) is 6.92 Å². The van der Waals surface area contributed by atoms with Crippen molar-refractivity contribution >= 4 is 29.0 Å². The highest BCUT2D eigenvalue weighted by molar-refractivity contribution is 6.56. The van der Waals surface area contributed by atoms with E-state index in [4.69, 9.17) is 5.11 Å². The molecule has 1 atom stereocenters. The molecule has 0 saturated carbocycles. The fourth-order valence-electron chi connectivity index (χ4n) is 4.53. The zero-order valence-electron chi connectivity index (χ0n) is 19.9. The molecule has 1 aliphatic heterocycles. The number of fused-ring (bicyclic) bond motifs is 1. The van der Waals surface area contributed by atoms with Gasteiger partial charge in [0.25, 0.3) is 11.8 Å². The second kappa shape index (κ2) is 9.90. The third-order valence-electron chi connectivity index (χ3n) is 6.26. The van der Waals surface area contributed by atoms with E-state index < -0.39 is 29.1 Å². The molecular weight excluding hydrogens is 438 g/mol. The topological polar surface area (TPSA) is 140 Å². The number of aliphatic hydroxyl groups excluding tert-OH is 2. The van der Waals surface area contributed by atoms with Crippen molar-refractivity contribution in [1.29, 1.82) is 0 Å². The van der Waals surface area contributed by atoms with Gasteiger partial charge in [-0.15, -0.1) is 0 Å². The van der Waals surface area contributed by atoms with Crippen LogP contribution in [0.25, 0.3) is 0 Å². The fourth-order valence-corrected chi connectivity index (χ4v) is 4.53. The molecule has 0 bridgehead atoms. The third kappa shape index (κ3) is 4.28. The second-order valence-corrected chi connectivity index (χ2v) is 8.64. The number of amides is 2. The molecule has 0 aromatic heterocycles. The van der Waals surface area contributed by atoms with Gasteiger partial charge in [-0.3, -0.25) is 14.4 Å². The first-order chi connectivity index (χ1) is 16.1. The van der Waals surface area contributed by atoms with Crippen LogP contribution < -0.4 is 5.32 Å². The van der Waals surface area contributed by atoms with Gasteiger partial charge in [-0.25, -0.2) is 4.99 Å². The van der Waals surface area contributed by atoms with Crippen LogP contribution in [-0.4, -0.2) is 63.7 Å². The van der Waals surface area contributed by atoms with Crippen LogP contribution in [0.1, 0.15) is 59.7 Å². The second-order valence-electron chi connectivity index (χ2n) is 8.64. The van der Waals surface area contributed by atoms with Crippen LogP contribution >= 0.6 is 0 Å².